The summed E-state index contributed by atoms with van der Waals surface area (Å²) >= 11 is 1.73. The molecule has 2 aliphatic heterocycles. The first-order valence-electron chi connectivity index (χ1n) is 10.3. The van der Waals surface area contributed by atoms with Gasteiger partial charge in [0.2, 0.25) is 0 Å². The van der Waals surface area contributed by atoms with Gasteiger partial charge in [0.25, 0.3) is 5.91 Å². The Bertz CT molecular complexity index is 1090. The number of nitrogens with zero attached hydrogens (tertiary/aromatic N) is 1. The van der Waals surface area contributed by atoms with Crippen LogP contribution in [-0.2, 0) is 13.0 Å². The fraction of sp³-hybridized carbons (Fsp3) is 0.348. The molecule has 1 amide bonds. The Balaban J connectivity index is 1.58. The van der Waals surface area contributed by atoms with Crippen molar-refractivity contribution < 1.29 is 9.53 Å². The van der Waals surface area contributed by atoms with E-state index in [0.29, 0.717) is 6.61 Å². The zero-order chi connectivity index (χ0) is 20.0. The van der Waals surface area contributed by atoms with Crippen molar-refractivity contribution >= 4 is 33.0 Å². The van der Waals surface area contributed by atoms with Crippen molar-refractivity contribution in [1.82, 2.24) is 10.2 Å². The topological polar surface area (TPSA) is 53.6 Å². The second kappa shape index (κ2) is 7.35. The number of thiophene rings is 1. The van der Waals surface area contributed by atoms with Crippen molar-refractivity contribution in [1.29, 1.82) is 0 Å². The van der Waals surface area contributed by atoms with E-state index >= 15 is 0 Å². The van der Waals surface area contributed by atoms with E-state index < -0.39 is 0 Å². The Hall–Kier alpha value is -2.57. The lowest BCUT2D eigenvalue weighted by molar-refractivity contribution is 0.0934. The van der Waals surface area contributed by atoms with Crippen molar-refractivity contribution in [3.63, 3.8) is 0 Å². The zero-order valence-electron chi connectivity index (χ0n) is 16.7. The van der Waals surface area contributed by atoms with Gasteiger partial charge in [0.1, 0.15) is 16.9 Å². The number of rotatable bonds is 4. The molecule has 2 aliphatic rings. The second-order valence-corrected chi connectivity index (χ2v) is 8.61. The molecule has 0 saturated carbocycles. The second-order valence-electron chi connectivity index (χ2n) is 7.51. The minimum absolute atomic E-state index is 0.0154. The van der Waals surface area contributed by atoms with Crippen LogP contribution in [0.25, 0.3) is 10.8 Å². The molecule has 5 nitrogen and oxygen atoms in total. The van der Waals surface area contributed by atoms with Crippen LogP contribution in [0.15, 0.2) is 36.4 Å². The molecule has 0 fully saturated rings. The predicted molar refractivity (Wildman–Crippen MR) is 118 cm³/mol. The molecule has 3 heterocycles. The Kier molecular flexibility index (Phi) is 4.68. The van der Waals surface area contributed by atoms with Crippen LogP contribution in [0.2, 0.25) is 0 Å². The summed E-state index contributed by atoms with van der Waals surface area (Å²) in [7, 11) is 0. The van der Waals surface area contributed by atoms with Gasteiger partial charge in [-0.3, -0.25) is 9.69 Å². The molecule has 6 heteroatoms. The fourth-order valence-corrected chi connectivity index (χ4v) is 5.75. The minimum atomic E-state index is -0.315. The number of carbonyl (C=O) groups is 1. The van der Waals surface area contributed by atoms with Gasteiger partial charge in [-0.15, -0.1) is 11.3 Å². The molecule has 3 aromatic rings. The standard InChI is InChI=1S/C23H25N3O2S/c1-3-26-12-11-16-18(13-26)29-23-20(16)22(27)24-21(25-23)19-15-8-6-5-7-14(15)9-10-17(19)28-4-2/h5-10,21,25H,3-4,11-13H2,1-2H3,(H,24,27)/t21-/m1/s1. The van der Waals surface area contributed by atoms with E-state index in [0.717, 1.165) is 58.7 Å². The largest absolute Gasteiger partial charge is 0.493 e. The molecule has 0 radical (unpaired) electrons. The maximum absolute atomic E-state index is 13.2. The van der Waals surface area contributed by atoms with Gasteiger partial charge in [0.15, 0.2) is 0 Å². The summed E-state index contributed by atoms with van der Waals surface area (Å²) in [6.07, 6.45) is 0.623. The number of ether oxygens (including phenoxy) is 1. The van der Waals surface area contributed by atoms with Gasteiger partial charge in [0, 0.05) is 23.5 Å². The average molecular weight is 408 g/mol. The van der Waals surface area contributed by atoms with Gasteiger partial charge in [0.05, 0.1) is 12.2 Å². The summed E-state index contributed by atoms with van der Waals surface area (Å²) in [5, 5.41) is 10.0. The first-order chi connectivity index (χ1) is 14.2. The highest BCUT2D eigenvalue weighted by atomic mass is 32.1. The first kappa shape index (κ1) is 18.5. The van der Waals surface area contributed by atoms with Crippen LogP contribution in [0.1, 0.15) is 46.4 Å². The highest BCUT2D eigenvalue weighted by molar-refractivity contribution is 7.16. The van der Waals surface area contributed by atoms with Crippen LogP contribution < -0.4 is 15.4 Å². The Labute approximate surface area is 174 Å². The van der Waals surface area contributed by atoms with Gasteiger partial charge in [-0.1, -0.05) is 37.3 Å². The van der Waals surface area contributed by atoms with Crippen LogP contribution >= 0.6 is 11.3 Å². The van der Waals surface area contributed by atoms with Crippen molar-refractivity contribution in [3.8, 4) is 5.75 Å². The van der Waals surface area contributed by atoms with Gasteiger partial charge in [-0.05, 0) is 42.3 Å². The van der Waals surface area contributed by atoms with Crippen molar-refractivity contribution in [2.75, 3.05) is 25.0 Å². The molecule has 150 valence electrons. The average Bonchev–Trinajstić information content (AvgIpc) is 3.11. The molecule has 2 aromatic carbocycles. The molecule has 0 bridgehead atoms. The number of hydrogen-bond donors (Lipinski definition) is 2. The highest BCUT2D eigenvalue weighted by Crippen LogP contribution is 2.43. The maximum Gasteiger partial charge on any atom is 0.256 e. The maximum atomic E-state index is 13.2. The molecule has 1 aromatic heterocycles. The van der Waals surface area contributed by atoms with Gasteiger partial charge < -0.3 is 15.4 Å². The van der Waals surface area contributed by atoms with Crippen LogP contribution in [-0.4, -0.2) is 30.5 Å². The fourth-order valence-electron chi connectivity index (χ4n) is 4.44. The van der Waals surface area contributed by atoms with E-state index in [1.807, 2.05) is 25.1 Å². The summed E-state index contributed by atoms with van der Waals surface area (Å²) in [6, 6.07) is 12.3. The van der Waals surface area contributed by atoms with Crippen LogP contribution in [0.5, 0.6) is 5.75 Å². The van der Waals surface area contributed by atoms with Gasteiger partial charge >= 0.3 is 0 Å². The Morgan fingerprint density at radius 3 is 2.86 bits per heavy atom. The van der Waals surface area contributed by atoms with E-state index in [1.165, 1.54) is 10.4 Å². The normalized spacial score (nSPS) is 18.7. The molecule has 2 N–H and O–H groups in total. The predicted octanol–water partition coefficient (Wildman–Crippen LogP) is 4.53. The SMILES string of the molecule is CCOc1ccc2ccccc2c1[C@@H]1NC(=O)c2c(sc3c2CCN(CC)C3)N1. The van der Waals surface area contributed by atoms with Crippen molar-refractivity contribution in [2.45, 2.75) is 33.0 Å². The van der Waals surface area contributed by atoms with E-state index in [2.05, 4.69) is 40.7 Å². The molecule has 1 atom stereocenters. The molecule has 5 rings (SSSR count). The zero-order valence-corrected chi connectivity index (χ0v) is 17.6. The lowest BCUT2D eigenvalue weighted by atomic mass is 9.97. The Morgan fingerprint density at radius 2 is 2.03 bits per heavy atom. The smallest absolute Gasteiger partial charge is 0.256 e. The van der Waals surface area contributed by atoms with E-state index in [1.54, 1.807) is 11.3 Å². The molecular formula is C23H25N3O2S. The molecule has 29 heavy (non-hydrogen) atoms. The van der Waals surface area contributed by atoms with E-state index in [9.17, 15) is 4.79 Å². The number of nitrogens with one attached hydrogen (secondary N) is 2. The molecular weight excluding hydrogens is 382 g/mol. The monoisotopic (exact) mass is 407 g/mol. The van der Waals surface area contributed by atoms with E-state index in [-0.39, 0.29) is 12.1 Å². The molecule has 0 spiro atoms. The van der Waals surface area contributed by atoms with Gasteiger partial charge in [-0.25, -0.2) is 0 Å². The number of hydrogen-bond acceptors (Lipinski definition) is 5. The number of fused-ring (bicyclic) bond motifs is 4. The summed E-state index contributed by atoms with van der Waals surface area (Å²) in [6.45, 7) is 7.74. The third-order valence-electron chi connectivity index (χ3n) is 5.88. The number of amides is 1. The lowest BCUT2D eigenvalue weighted by Crippen LogP contribution is -2.39. The summed E-state index contributed by atoms with van der Waals surface area (Å²) in [5.41, 5.74) is 3.06. The third-order valence-corrected chi connectivity index (χ3v) is 7.03. The quantitative estimate of drug-likeness (QED) is 0.667. The van der Waals surface area contributed by atoms with E-state index in [4.69, 9.17) is 4.74 Å². The number of benzene rings is 2. The number of carbonyl (C=O) groups excluding carboxylic acids is 1. The summed E-state index contributed by atoms with van der Waals surface area (Å²) < 4.78 is 5.94. The number of anilines is 1. The van der Waals surface area contributed by atoms with Crippen LogP contribution in [0.3, 0.4) is 0 Å². The summed E-state index contributed by atoms with van der Waals surface area (Å²) in [4.78, 5) is 16.9. The highest BCUT2D eigenvalue weighted by Gasteiger charge is 2.34. The van der Waals surface area contributed by atoms with Crippen molar-refractivity contribution in [3.05, 3.63) is 58.0 Å². The van der Waals surface area contributed by atoms with Gasteiger partial charge in [-0.2, -0.15) is 0 Å². The Morgan fingerprint density at radius 1 is 1.17 bits per heavy atom. The molecule has 0 aliphatic carbocycles. The first-order valence-corrected chi connectivity index (χ1v) is 11.1. The van der Waals surface area contributed by atoms with Crippen molar-refractivity contribution in [2.24, 2.45) is 0 Å². The van der Waals surface area contributed by atoms with Crippen LogP contribution in [0.4, 0.5) is 5.00 Å². The summed E-state index contributed by atoms with van der Waals surface area (Å²) in [5.74, 6) is 0.826. The van der Waals surface area contributed by atoms with Crippen LogP contribution in [0, 0.1) is 0 Å². The lowest BCUT2D eigenvalue weighted by Gasteiger charge is -2.29. The molecule has 0 unspecified atom stereocenters. The molecule has 0 saturated heterocycles. The third kappa shape index (κ3) is 3.07. The number of likely N-dealkylation sites (N-methyl/N-ethyl adjacent to an activating group) is 1. The minimum Gasteiger partial charge on any atom is -0.493 e.